The average molecular weight is 1110 g/mol. The Labute approximate surface area is 467 Å². The largest absolute Gasteiger partial charge is 0.494 e. The quantitative estimate of drug-likeness (QED) is 0.0144. The highest BCUT2D eigenvalue weighted by molar-refractivity contribution is 5.99. The van der Waals surface area contributed by atoms with Crippen molar-refractivity contribution in [1.82, 2.24) is 39.3 Å². The number of primary amides is 1. The van der Waals surface area contributed by atoms with Gasteiger partial charge in [-0.25, -0.2) is 9.78 Å². The molecule has 5 rings (SSSR count). The number of aryl methyl sites for hydroxylation is 4. The lowest BCUT2D eigenvalue weighted by Gasteiger charge is -2.27. The number of aromatic nitrogens is 6. The number of nitrogens with two attached hydrogens (primary N) is 3. The number of fused-ring (bicyclic) bond motifs is 1. The van der Waals surface area contributed by atoms with Gasteiger partial charge in [0.2, 0.25) is 11.9 Å². The molecule has 0 saturated heterocycles. The molecule has 0 unspecified atom stereocenters. The fraction of sp³-hybridized carbons (Fsp3) is 0.400. The van der Waals surface area contributed by atoms with Gasteiger partial charge in [-0.05, 0) is 112 Å². The number of carbonyl (C=O) groups excluding carboxylic acids is 6. The van der Waals surface area contributed by atoms with Crippen LogP contribution in [0.15, 0.2) is 82.6 Å². The minimum absolute atomic E-state index is 0.0309. The number of esters is 1. The van der Waals surface area contributed by atoms with E-state index in [4.69, 9.17) is 30.4 Å². The zero-order chi connectivity index (χ0) is 60.0. The standard InChI is InChI=1S/C40H54N10O8.2C7H10N2O.CH5N/c1-40(2,3)58-39(54)49(17-13-34(52)56-8)29(23-41)24-46-14-9-12-18-57-33-22-28(37(42)53)21-31-36(33)50(38(45-6)47-31)16-11-10-15-48(26-43-4)35-30(44-5)19-27(25-51)20-32(35)55-7;2*1-3-9-7(5-10)4-6(2)8-9;1-2/h9-12,19-25,43H,5,13-18,26,41H2,1-4,6-8H3,(H2,42,53)(H,45,47);2*4-5H,3H2,1-2H3;2H2,1H3/b11-10+,12-9+,29-23+,46-24?;;;. The van der Waals surface area contributed by atoms with Crippen LogP contribution in [-0.2, 0) is 33.9 Å². The summed E-state index contributed by atoms with van der Waals surface area (Å²) < 4.78 is 27.3. The second-order valence-corrected chi connectivity index (χ2v) is 17.7. The number of ether oxygens (including phenoxy) is 4. The number of imidazole rings is 1. The summed E-state index contributed by atoms with van der Waals surface area (Å²) in [5, 5.41) is 14.4. The monoisotopic (exact) mass is 1110 g/mol. The molecule has 434 valence electrons. The van der Waals surface area contributed by atoms with E-state index >= 15 is 0 Å². The lowest BCUT2D eigenvalue weighted by molar-refractivity contribution is -0.140. The number of hydrogen-bond acceptors (Lipinski definition) is 20. The molecule has 3 heterocycles. The number of anilines is 2. The molecule has 3 aromatic heterocycles. The van der Waals surface area contributed by atoms with Crippen LogP contribution >= 0.6 is 0 Å². The van der Waals surface area contributed by atoms with E-state index < -0.39 is 23.6 Å². The van der Waals surface area contributed by atoms with E-state index in [-0.39, 0.29) is 37.4 Å². The molecule has 2 amide bonds. The van der Waals surface area contributed by atoms with Crippen molar-refractivity contribution in [2.45, 2.75) is 80.1 Å². The first-order chi connectivity index (χ1) is 38.3. The minimum Gasteiger partial charge on any atom is -0.494 e. The maximum atomic E-state index is 12.9. The van der Waals surface area contributed by atoms with Gasteiger partial charge in [0.15, 0.2) is 12.6 Å². The Morgan fingerprint density at radius 2 is 1.50 bits per heavy atom. The average Bonchev–Trinajstić information content (AvgIpc) is 4.17. The van der Waals surface area contributed by atoms with E-state index in [1.165, 1.54) is 38.6 Å². The van der Waals surface area contributed by atoms with Crippen molar-refractivity contribution < 1.29 is 47.7 Å². The van der Waals surface area contributed by atoms with Crippen LogP contribution in [0.5, 0.6) is 11.5 Å². The van der Waals surface area contributed by atoms with E-state index in [0.717, 1.165) is 43.3 Å². The highest BCUT2D eigenvalue weighted by Crippen LogP contribution is 2.39. The molecule has 5 aromatic rings. The van der Waals surface area contributed by atoms with Crippen LogP contribution in [0, 0.1) is 13.8 Å². The van der Waals surface area contributed by atoms with Crippen LogP contribution in [0.4, 0.5) is 22.1 Å². The zero-order valence-corrected chi connectivity index (χ0v) is 48.0. The molecular formula is C55H79N15O10. The molecule has 0 saturated carbocycles. The van der Waals surface area contributed by atoms with Crippen molar-refractivity contribution in [3.63, 3.8) is 0 Å². The van der Waals surface area contributed by atoms with E-state index in [9.17, 15) is 28.8 Å². The highest BCUT2D eigenvalue weighted by Gasteiger charge is 2.25. The van der Waals surface area contributed by atoms with Crippen molar-refractivity contribution in [3.8, 4) is 11.5 Å². The molecule has 80 heavy (non-hydrogen) atoms. The number of methoxy groups -OCH3 is 2. The van der Waals surface area contributed by atoms with E-state index in [1.54, 1.807) is 85.7 Å². The van der Waals surface area contributed by atoms with Crippen LogP contribution < -0.4 is 42.2 Å². The van der Waals surface area contributed by atoms with E-state index in [1.807, 2.05) is 56.4 Å². The van der Waals surface area contributed by atoms with Gasteiger partial charge in [0, 0.05) is 63.3 Å². The van der Waals surface area contributed by atoms with Gasteiger partial charge >= 0.3 is 12.1 Å². The number of benzene rings is 2. The Balaban J connectivity index is 0.000000817. The number of aldehydes is 3. The molecule has 2 aromatic carbocycles. The fourth-order valence-electron chi connectivity index (χ4n) is 7.40. The first-order valence-electron chi connectivity index (χ1n) is 25.3. The fourth-order valence-corrected chi connectivity index (χ4v) is 7.40. The molecule has 0 bridgehead atoms. The van der Waals surface area contributed by atoms with Crippen LogP contribution in [0.1, 0.15) is 94.1 Å². The second kappa shape index (κ2) is 34.7. The maximum Gasteiger partial charge on any atom is 0.414 e. The summed E-state index contributed by atoms with van der Waals surface area (Å²) in [5.41, 5.74) is 21.5. The number of rotatable bonds is 26. The van der Waals surface area contributed by atoms with Crippen molar-refractivity contribution in [3.05, 3.63) is 107 Å². The number of aliphatic imine (C=N–C) groups is 2. The Kier molecular flexibility index (Phi) is 29.1. The number of nitrogens with one attached hydrogen (secondary N) is 2. The normalized spacial score (nSPS) is 11.2. The van der Waals surface area contributed by atoms with Gasteiger partial charge < -0.3 is 56.2 Å². The molecule has 0 atom stereocenters. The lowest BCUT2D eigenvalue weighted by atomic mass is 10.1. The Morgan fingerprint density at radius 3 is 1.99 bits per heavy atom. The molecule has 25 heteroatoms. The summed E-state index contributed by atoms with van der Waals surface area (Å²) >= 11 is 0. The summed E-state index contributed by atoms with van der Waals surface area (Å²) in [6.07, 6.45) is 11.6. The van der Waals surface area contributed by atoms with Gasteiger partial charge in [-0.3, -0.25) is 48.2 Å². The van der Waals surface area contributed by atoms with Crippen molar-refractivity contribution in [2.24, 2.45) is 27.2 Å². The van der Waals surface area contributed by atoms with Crippen LogP contribution in [0.3, 0.4) is 0 Å². The lowest BCUT2D eigenvalue weighted by Crippen LogP contribution is -2.38. The smallest absolute Gasteiger partial charge is 0.414 e. The van der Waals surface area contributed by atoms with Crippen LogP contribution in [-0.4, -0.2) is 158 Å². The van der Waals surface area contributed by atoms with Gasteiger partial charge in [-0.2, -0.15) is 10.2 Å². The first-order valence-corrected chi connectivity index (χ1v) is 25.3. The summed E-state index contributed by atoms with van der Waals surface area (Å²) in [7, 11) is 7.85. The third-order valence-corrected chi connectivity index (χ3v) is 10.9. The number of carbonyl (C=O) groups is 6. The highest BCUT2D eigenvalue weighted by atomic mass is 16.6. The molecule has 25 nitrogen and oxygen atoms in total. The molecule has 0 aliphatic heterocycles. The van der Waals surface area contributed by atoms with Gasteiger partial charge in [0.25, 0.3) is 0 Å². The van der Waals surface area contributed by atoms with E-state index in [0.29, 0.717) is 76.6 Å². The second-order valence-electron chi connectivity index (χ2n) is 17.7. The minimum atomic E-state index is -0.781. The summed E-state index contributed by atoms with van der Waals surface area (Å²) in [6.45, 7) is 19.6. The molecule has 0 fully saturated rings. The molecular weight excluding hydrogens is 1030 g/mol. The SMILES string of the molecule is C=Nc1cc(C=O)cc(OC)c1N(C/C=C/Cn1c(NC)nc2cc(C(N)=O)cc(OC/C=C/CN=C/C(=C\N)N(CCC(=O)OC)C(=O)OC(C)(C)C)c21)CNC.CCn1nc(C)cc1C=O.CCn1nc(C)cc1C=O.CN. The molecule has 0 spiro atoms. The topological polar surface area (TPSA) is 326 Å². The van der Waals surface area contributed by atoms with Gasteiger partial charge in [0.05, 0.1) is 62.1 Å². The summed E-state index contributed by atoms with van der Waals surface area (Å²) in [6, 6.07) is 10.0. The molecule has 0 radical (unpaired) electrons. The number of nitrogens with zero attached hydrogens (tertiary/aromatic N) is 10. The summed E-state index contributed by atoms with van der Waals surface area (Å²) in [5.74, 6) is 0.257. The number of allylic oxidation sites excluding steroid dienone is 2. The Bertz CT molecular complexity index is 2910. The van der Waals surface area contributed by atoms with Crippen molar-refractivity contribution >= 4 is 78.1 Å². The van der Waals surface area contributed by atoms with Gasteiger partial charge in [0.1, 0.15) is 52.6 Å². The van der Waals surface area contributed by atoms with Crippen molar-refractivity contribution in [2.75, 3.05) is 78.5 Å². The third-order valence-electron chi connectivity index (χ3n) is 10.9. The van der Waals surface area contributed by atoms with Gasteiger partial charge in [-0.1, -0.05) is 18.2 Å². The van der Waals surface area contributed by atoms with Gasteiger partial charge in [-0.15, -0.1) is 0 Å². The Morgan fingerprint density at radius 1 is 0.863 bits per heavy atom. The zero-order valence-electron chi connectivity index (χ0n) is 48.0. The van der Waals surface area contributed by atoms with E-state index in [2.05, 4.69) is 48.3 Å². The number of hydrogen-bond donors (Lipinski definition) is 5. The predicted molar refractivity (Wildman–Crippen MR) is 312 cm³/mol. The molecule has 0 aliphatic rings. The van der Waals surface area contributed by atoms with Crippen LogP contribution in [0.2, 0.25) is 0 Å². The summed E-state index contributed by atoms with van der Waals surface area (Å²) in [4.78, 5) is 85.5. The Hall–Kier alpha value is -8.97. The third kappa shape index (κ3) is 20.4. The number of amides is 2. The van der Waals surface area contributed by atoms with Crippen molar-refractivity contribution in [1.29, 1.82) is 0 Å². The predicted octanol–water partition coefficient (Wildman–Crippen LogP) is 5.80. The molecule has 0 aliphatic carbocycles. The molecule has 8 N–H and O–H groups in total. The first kappa shape index (κ1) is 67.1. The van der Waals surface area contributed by atoms with Crippen LogP contribution in [0.25, 0.3) is 11.0 Å². The maximum absolute atomic E-state index is 12.9.